The van der Waals surface area contributed by atoms with Crippen molar-refractivity contribution < 1.29 is 9.84 Å². The summed E-state index contributed by atoms with van der Waals surface area (Å²) < 4.78 is 7.41. The fourth-order valence-electron chi connectivity index (χ4n) is 2.38. The van der Waals surface area contributed by atoms with Gasteiger partial charge in [-0.25, -0.2) is 5.10 Å². The molecule has 0 spiro atoms. The molecule has 0 bridgehead atoms. The zero-order valence-electron chi connectivity index (χ0n) is 9.67. The van der Waals surface area contributed by atoms with Crippen molar-refractivity contribution in [3.63, 3.8) is 0 Å². The molecule has 1 fully saturated rings. The zero-order valence-corrected chi connectivity index (χ0v) is 9.67. The van der Waals surface area contributed by atoms with E-state index in [-0.39, 0.29) is 24.5 Å². The molecule has 0 aromatic carbocycles. The summed E-state index contributed by atoms with van der Waals surface area (Å²) in [5.41, 5.74) is 5.89. The van der Waals surface area contributed by atoms with Crippen molar-refractivity contribution in [2.24, 2.45) is 0 Å². The molecule has 7 heteroatoms. The molecule has 0 radical (unpaired) electrons. The smallest absolute Gasteiger partial charge is 0.288 e. The lowest BCUT2D eigenvalue weighted by molar-refractivity contribution is -0.0203. The molecule has 3 rings (SSSR count). The summed E-state index contributed by atoms with van der Waals surface area (Å²) in [7, 11) is 0. The number of nitrogen functional groups attached to an aromatic ring is 1. The van der Waals surface area contributed by atoms with Crippen LogP contribution in [0.4, 0.5) is 5.82 Å². The molecule has 1 aliphatic rings. The monoisotopic (exact) mass is 250 g/mol. The Balaban J connectivity index is 2.08. The van der Waals surface area contributed by atoms with Gasteiger partial charge in [0.1, 0.15) is 11.7 Å². The first-order valence-electron chi connectivity index (χ1n) is 5.81. The minimum atomic E-state index is -0.291. The number of hydrogen-bond donors (Lipinski definition) is 3. The van der Waals surface area contributed by atoms with Crippen LogP contribution in [0, 0.1) is 0 Å². The Morgan fingerprint density at radius 1 is 1.61 bits per heavy atom. The van der Waals surface area contributed by atoms with Crippen molar-refractivity contribution in [2.75, 3.05) is 12.3 Å². The molecule has 0 aliphatic carbocycles. The van der Waals surface area contributed by atoms with E-state index in [1.165, 1.54) is 0 Å². The van der Waals surface area contributed by atoms with Crippen LogP contribution in [-0.4, -0.2) is 32.6 Å². The van der Waals surface area contributed by atoms with Gasteiger partial charge in [0.2, 0.25) is 0 Å². The predicted molar refractivity (Wildman–Crippen MR) is 65.0 cm³/mol. The Labute approximate surface area is 102 Å². The summed E-state index contributed by atoms with van der Waals surface area (Å²) in [6.45, 7) is -0.00421. The lowest BCUT2D eigenvalue weighted by Gasteiger charge is -2.14. The summed E-state index contributed by atoms with van der Waals surface area (Å²) in [6, 6.07) is 1.75. The highest BCUT2D eigenvalue weighted by Crippen LogP contribution is 2.31. The molecule has 18 heavy (non-hydrogen) atoms. The first kappa shape index (κ1) is 11.2. The molecular formula is C11H14N4O3. The number of aliphatic hydroxyl groups is 1. The van der Waals surface area contributed by atoms with Crippen molar-refractivity contribution in [1.29, 1.82) is 0 Å². The van der Waals surface area contributed by atoms with E-state index in [1.54, 1.807) is 16.8 Å². The van der Waals surface area contributed by atoms with E-state index in [0.29, 0.717) is 16.7 Å². The van der Waals surface area contributed by atoms with E-state index >= 15 is 0 Å². The Morgan fingerprint density at radius 3 is 3.17 bits per heavy atom. The number of aliphatic hydroxyl groups excluding tert-OH is 1. The Morgan fingerprint density at radius 2 is 2.44 bits per heavy atom. The second-order valence-electron chi connectivity index (χ2n) is 4.40. The van der Waals surface area contributed by atoms with Crippen LogP contribution < -0.4 is 11.3 Å². The number of rotatable bonds is 2. The summed E-state index contributed by atoms with van der Waals surface area (Å²) in [5, 5.41) is 15.8. The molecule has 4 N–H and O–H groups in total. The van der Waals surface area contributed by atoms with Crippen LogP contribution in [0.5, 0.6) is 0 Å². The maximum atomic E-state index is 11.8. The second-order valence-corrected chi connectivity index (χ2v) is 4.40. The van der Waals surface area contributed by atoms with E-state index < -0.39 is 0 Å². The van der Waals surface area contributed by atoms with Gasteiger partial charge in [0.25, 0.3) is 5.56 Å². The minimum Gasteiger partial charge on any atom is -0.394 e. The fraction of sp³-hybridized carbons (Fsp3) is 0.455. The fourth-order valence-corrected chi connectivity index (χ4v) is 2.38. The largest absolute Gasteiger partial charge is 0.394 e. The van der Waals surface area contributed by atoms with Crippen molar-refractivity contribution in [3.8, 4) is 0 Å². The highest BCUT2D eigenvalue weighted by molar-refractivity contribution is 5.88. The van der Waals surface area contributed by atoms with Crippen molar-refractivity contribution in [2.45, 2.75) is 25.2 Å². The quantitative estimate of drug-likeness (QED) is 0.694. The van der Waals surface area contributed by atoms with E-state index in [4.69, 9.17) is 15.6 Å². The zero-order chi connectivity index (χ0) is 12.7. The number of fused-ring (bicyclic) bond motifs is 1. The van der Waals surface area contributed by atoms with Crippen LogP contribution in [-0.2, 0) is 4.74 Å². The van der Waals surface area contributed by atoms with Gasteiger partial charge in [-0.2, -0.15) is 5.10 Å². The number of nitrogens with two attached hydrogens (primary N) is 1. The molecule has 0 saturated carbocycles. The van der Waals surface area contributed by atoms with Gasteiger partial charge in [-0.15, -0.1) is 0 Å². The third kappa shape index (κ3) is 1.59. The first-order chi connectivity index (χ1) is 8.70. The number of nitrogens with one attached hydrogen (secondary N) is 1. The van der Waals surface area contributed by atoms with Crippen LogP contribution in [0.15, 0.2) is 17.1 Å². The normalized spacial score (nSPS) is 23.8. The summed E-state index contributed by atoms with van der Waals surface area (Å²) in [6.07, 6.45) is 2.91. The second kappa shape index (κ2) is 4.11. The van der Waals surface area contributed by atoms with Gasteiger partial charge >= 0.3 is 0 Å². The van der Waals surface area contributed by atoms with Gasteiger partial charge in [0.15, 0.2) is 5.82 Å². The highest BCUT2D eigenvalue weighted by Gasteiger charge is 2.27. The van der Waals surface area contributed by atoms with Crippen molar-refractivity contribution in [3.05, 3.63) is 22.6 Å². The molecule has 1 saturated heterocycles. The number of H-pyrrole nitrogens is 1. The number of anilines is 1. The Bertz CT molecular complexity index is 633. The van der Waals surface area contributed by atoms with Gasteiger partial charge in [0, 0.05) is 11.6 Å². The van der Waals surface area contributed by atoms with Crippen molar-refractivity contribution in [1.82, 2.24) is 14.8 Å². The first-order valence-corrected chi connectivity index (χ1v) is 5.81. The molecule has 2 aromatic rings. The van der Waals surface area contributed by atoms with Crippen LogP contribution in [0.1, 0.15) is 19.1 Å². The summed E-state index contributed by atoms with van der Waals surface area (Å²) in [4.78, 5) is 11.8. The number of ether oxygens (including phenoxy) is 1. The maximum Gasteiger partial charge on any atom is 0.288 e. The van der Waals surface area contributed by atoms with Gasteiger partial charge in [-0.1, -0.05) is 0 Å². The van der Waals surface area contributed by atoms with Gasteiger partial charge in [0.05, 0.1) is 12.7 Å². The van der Waals surface area contributed by atoms with Gasteiger partial charge < -0.3 is 20.1 Å². The predicted octanol–water partition coefficient (Wildman–Crippen LogP) is -0.0233. The number of aromatic nitrogens is 3. The molecule has 7 nitrogen and oxygen atoms in total. The Kier molecular flexibility index (Phi) is 2.57. The molecule has 2 aromatic heterocycles. The highest BCUT2D eigenvalue weighted by atomic mass is 16.5. The van der Waals surface area contributed by atoms with Gasteiger partial charge in [-0.3, -0.25) is 4.79 Å². The molecule has 0 amide bonds. The number of nitrogens with zero attached hydrogens (tertiary/aromatic N) is 2. The molecule has 2 unspecified atom stereocenters. The average molecular weight is 250 g/mol. The molecular weight excluding hydrogens is 236 g/mol. The van der Waals surface area contributed by atoms with E-state index in [2.05, 4.69) is 10.2 Å². The third-order valence-electron chi connectivity index (χ3n) is 3.28. The number of hydrogen-bond acceptors (Lipinski definition) is 5. The third-order valence-corrected chi connectivity index (χ3v) is 3.28. The Hall–Kier alpha value is -1.86. The number of aromatic amines is 1. The van der Waals surface area contributed by atoms with Crippen LogP contribution in [0.3, 0.4) is 0 Å². The molecule has 2 atom stereocenters. The standard InChI is InChI=1S/C11H14N4O3/c12-10-7-3-4-15(9(7)11(17)14-13-10)8-2-1-6(5-16)18-8/h3-4,6,8,16H,1-2,5H2,(H2,12,13)(H,14,17). The molecule has 96 valence electrons. The van der Waals surface area contributed by atoms with Crippen LogP contribution in [0.25, 0.3) is 10.9 Å². The summed E-state index contributed by atoms with van der Waals surface area (Å²) in [5.74, 6) is 0.292. The lowest BCUT2D eigenvalue weighted by Crippen LogP contribution is -2.18. The lowest BCUT2D eigenvalue weighted by atomic mass is 10.2. The maximum absolute atomic E-state index is 11.8. The van der Waals surface area contributed by atoms with Gasteiger partial charge in [-0.05, 0) is 18.9 Å². The molecule has 1 aliphatic heterocycles. The SMILES string of the molecule is Nc1n[nH]c(=O)c2c1ccn2C1CCC(CO)O1. The summed E-state index contributed by atoms with van der Waals surface area (Å²) >= 11 is 0. The van der Waals surface area contributed by atoms with Crippen LogP contribution in [0.2, 0.25) is 0 Å². The topological polar surface area (TPSA) is 106 Å². The minimum absolute atomic E-state index is 0.00421. The molecule has 3 heterocycles. The van der Waals surface area contributed by atoms with E-state index in [0.717, 1.165) is 12.8 Å². The average Bonchev–Trinajstić information content (AvgIpc) is 2.99. The van der Waals surface area contributed by atoms with Crippen LogP contribution >= 0.6 is 0 Å². The van der Waals surface area contributed by atoms with Crippen molar-refractivity contribution >= 4 is 16.7 Å². The van der Waals surface area contributed by atoms with E-state index in [9.17, 15) is 4.79 Å². The van der Waals surface area contributed by atoms with E-state index in [1.807, 2.05) is 0 Å².